The van der Waals surface area contributed by atoms with Crippen molar-refractivity contribution in [2.45, 2.75) is 28.9 Å². The summed E-state index contributed by atoms with van der Waals surface area (Å²) in [5, 5.41) is 21.9. The van der Waals surface area contributed by atoms with Gasteiger partial charge < -0.3 is 10.1 Å². The monoisotopic (exact) mass is 332 g/mol. The van der Waals surface area contributed by atoms with Gasteiger partial charge in [0.2, 0.25) is 5.13 Å². The second-order valence-corrected chi connectivity index (χ2v) is 7.63. The lowest BCUT2D eigenvalue weighted by atomic mass is 10.1. The summed E-state index contributed by atoms with van der Waals surface area (Å²) in [6, 6.07) is 10.1. The Labute approximate surface area is 137 Å². The first-order valence-electron chi connectivity index (χ1n) is 7.07. The molecule has 1 fully saturated rings. The average Bonchev–Trinajstić information content (AvgIpc) is 3.17. The summed E-state index contributed by atoms with van der Waals surface area (Å²) in [6.07, 6.45) is 3.04. The van der Waals surface area contributed by atoms with Gasteiger partial charge in [-0.05, 0) is 31.4 Å². The number of thioether (sulfide) groups is 1. The lowest BCUT2D eigenvalue weighted by Crippen LogP contribution is -1.95. The Morgan fingerprint density at radius 3 is 3.09 bits per heavy atom. The molecule has 7 heteroatoms. The van der Waals surface area contributed by atoms with Crippen LogP contribution in [0.2, 0.25) is 0 Å². The molecule has 0 saturated heterocycles. The van der Waals surface area contributed by atoms with Crippen molar-refractivity contribution in [3.05, 3.63) is 24.3 Å². The third-order valence-electron chi connectivity index (χ3n) is 3.56. The minimum absolute atomic E-state index is 0.208. The van der Waals surface area contributed by atoms with Crippen LogP contribution in [0.25, 0.3) is 0 Å². The molecule has 1 heterocycles. The van der Waals surface area contributed by atoms with E-state index in [1.54, 1.807) is 30.2 Å². The van der Waals surface area contributed by atoms with Crippen molar-refractivity contribution in [3.63, 3.8) is 0 Å². The maximum Gasteiger partial charge on any atom is 0.210 e. The average molecular weight is 332 g/mol. The highest BCUT2D eigenvalue weighted by Gasteiger charge is 2.26. The van der Waals surface area contributed by atoms with Crippen LogP contribution in [0.15, 0.2) is 28.6 Å². The fourth-order valence-electron chi connectivity index (χ4n) is 2.44. The molecule has 0 aliphatic heterocycles. The van der Waals surface area contributed by atoms with Crippen LogP contribution in [0.5, 0.6) is 5.75 Å². The minimum atomic E-state index is 0.208. The van der Waals surface area contributed by atoms with Gasteiger partial charge in [-0.2, -0.15) is 5.26 Å². The quantitative estimate of drug-likeness (QED) is 0.890. The van der Waals surface area contributed by atoms with E-state index >= 15 is 0 Å². The van der Waals surface area contributed by atoms with Crippen LogP contribution in [0.1, 0.15) is 19.3 Å². The van der Waals surface area contributed by atoms with Crippen molar-refractivity contribution in [3.8, 4) is 11.8 Å². The van der Waals surface area contributed by atoms with Crippen molar-refractivity contribution < 1.29 is 4.74 Å². The van der Waals surface area contributed by atoms with Gasteiger partial charge in [0.15, 0.2) is 4.34 Å². The molecule has 114 valence electrons. The summed E-state index contributed by atoms with van der Waals surface area (Å²) in [5.74, 6) is 1.01. The maximum absolute atomic E-state index is 8.96. The molecule has 0 amide bonds. The van der Waals surface area contributed by atoms with Crippen LogP contribution >= 0.6 is 23.1 Å². The number of hydrogen-bond donors (Lipinski definition) is 1. The zero-order valence-electron chi connectivity index (χ0n) is 12.2. The van der Waals surface area contributed by atoms with Crippen molar-refractivity contribution in [1.82, 2.24) is 10.2 Å². The van der Waals surface area contributed by atoms with E-state index in [1.807, 2.05) is 24.3 Å². The lowest BCUT2D eigenvalue weighted by molar-refractivity contribution is 0.415. The number of rotatable bonds is 5. The van der Waals surface area contributed by atoms with Gasteiger partial charge in [-0.1, -0.05) is 29.2 Å². The number of methoxy groups -OCH3 is 1. The van der Waals surface area contributed by atoms with Crippen LogP contribution in [-0.2, 0) is 0 Å². The molecule has 0 bridgehead atoms. The molecule has 0 unspecified atom stereocenters. The third-order valence-corrected chi connectivity index (χ3v) is 5.78. The molecule has 1 aliphatic carbocycles. The summed E-state index contributed by atoms with van der Waals surface area (Å²) < 4.78 is 6.16. The largest absolute Gasteiger partial charge is 0.497 e. The number of nitrogens with zero attached hydrogens (tertiary/aromatic N) is 3. The van der Waals surface area contributed by atoms with E-state index in [1.165, 1.54) is 0 Å². The number of aromatic nitrogens is 2. The molecule has 0 spiro atoms. The van der Waals surface area contributed by atoms with E-state index in [4.69, 9.17) is 10.00 Å². The van der Waals surface area contributed by atoms with Crippen LogP contribution in [-0.4, -0.2) is 22.6 Å². The highest BCUT2D eigenvalue weighted by molar-refractivity contribution is 8.01. The third kappa shape index (κ3) is 3.70. The Kier molecular flexibility index (Phi) is 4.80. The highest BCUT2D eigenvalue weighted by Crippen LogP contribution is 2.39. The van der Waals surface area contributed by atoms with Gasteiger partial charge in [0.25, 0.3) is 0 Å². The molecule has 2 atom stereocenters. The van der Waals surface area contributed by atoms with E-state index in [0.29, 0.717) is 5.25 Å². The smallest absolute Gasteiger partial charge is 0.210 e. The van der Waals surface area contributed by atoms with Gasteiger partial charge in [-0.15, -0.1) is 10.2 Å². The van der Waals surface area contributed by atoms with Gasteiger partial charge in [0.05, 0.1) is 13.2 Å². The summed E-state index contributed by atoms with van der Waals surface area (Å²) in [5.41, 5.74) is 0.928. The Bertz CT molecular complexity index is 682. The SMILES string of the molecule is COc1cccc(Nc2nnc(S[C@H]3CC[C@@H](C#N)C3)s2)c1. The van der Waals surface area contributed by atoms with E-state index < -0.39 is 0 Å². The fraction of sp³-hybridized carbons (Fsp3) is 0.400. The van der Waals surface area contributed by atoms with E-state index in [-0.39, 0.29) is 5.92 Å². The number of anilines is 2. The summed E-state index contributed by atoms with van der Waals surface area (Å²) in [4.78, 5) is 0. The number of ether oxygens (including phenoxy) is 1. The van der Waals surface area contributed by atoms with E-state index in [9.17, 15) is 0 Å². The first kappa shape index (κ1) is 15.1. The first-order valence-corrected chi connectivity index (χ1v) is 8.77. The fourth-order valence-corrected chi connectivity index (χ4v) is 4.73. The Morgan fingerprint density at radius 2 is 2.32 bits per heavy atom. The molecule has 1 saturated carbocycles. The van der Waals surface area contributed by atoms with Gasteiger partial charge in [0, 0.05) is 22.9 Å². The standard InChI is InChI=1S/C15H16N4OS2/c1-20-12-4-2-3-11(8-12)17-14-18-19-15(22-14)21-13-6-5-10(7-13)9-16/h2-4,8,10,13H,5-7H2,1H3,(H,17,18)/t10-,13+/m1/s1. The van der Waals surface area contributed by atoms with Crippen LogP contribution < -0.4 is 10.1 Å². The first-order chi connectivity index (χ1) is 10.8. The van der Waals surface area contributed by atoms with Crippen molar-refractivity contribution in [1.29, 1.82) is 5.26 Å². The van der Waals surface area contributed by atoms with Gasteiger partial charge in [-0.25, -0.2) is 0 Å². The summed E-state index contributed by atoms with van der Waals surface area (Å²) in [6.45, 7) is 0. The predicted molar refractivity (Wildman–Crippen MR) is 88.8 cm³/mol. The summed E-state index contributed by atoms with van der Waals surface area (Å²) >= 11 is 3.28. The van der Waals surface area contributed by atoms with E-state index in [0.717, 1.165) is 40.2 Å². The molecular weight excluding hydrogens is 316 g/mol. The Balaban J connectivity index is 1.60. The van der Waals surface area contributed by atoms with Crippen molar-refractivity contribution >= 4 is 33.9 Å². The zero-order valence-corrected chi connectivity index (χ0v) is 13.8. The predicted octanol–water partition coefficient (Wildman–Crippen LogP) is 4.07. The van der Waals surface area contributed by atoms with E-state index in [2.05, 4.69) is 21.6 Å². The molecule has 5 nitrogen and oxygen atoms in total. The van der Waals surface area contributed by atoms with Gasteiger partial charge in [-0.3, -0.25) is 0 Å². The number of benzene rings is 1. The second-order valence-electron chi connectivity index (χ2n) is 5.11. The molecule has 1 aromatic heterocycles. The van der Waals surface area contributed by atoms with Crippen LogP contribution in [0, 0.1) is 17.2 Å². The van der Waals surface area contributed by atoms with Crippen LogP contribution in [0.3, 0.4) is 0 Å². The molecule has 2 aromatic rings. The highest BCUT2D eigenvalue weighted by atomic mass is 32.2. The zero-order chi connectivity index (χ0) is 15.4. The van der Waals surface area contributed by atoms with Gasteiger partial charge >= 0.3 is 0 Å². The maximum atomic E-state index is 8.96. The number of nitrogens with one attached hydrogen (secondary N) is 1. The molecule has 22 heavy (non-hydrogen) atoms. The van der Waals surface area contributed by atoms with Gasteiger partial charge in [0.1, 0.15) is 5.75 Å². The number of hydrogen-bond acceptors (Lipinski definition) is 7. The molecule has 1 aliphatic rings. The Hall–Kier alpha value is -1.78. The van der Waals surface area contributed by atoms with Crippen molar-refractivity contribution in [2.75, 3.05) is 12.4 Å². The molecule has 0 radical (unpaired) electrons. The second kappa shape index (κ2) is 6.99. The molecule has 3 rings (SSSR count). The molecule has 1 N–H and O–H groups in total. The molecule has 1 aromatic carbocycles. The Morgan fingerprint density at radius 1 is 1.41 bits per heavy atom. The van der Waals surface area contributed by atoms with Crippen molar-refractivity contribution in [2.24, 2.45) is 5.92 Å². The normalized spacial score (nSPS) is 20.5. The number of nitriles is 1. The topological polar surface area (TPSA) is 70.8 Å². The molecular formula is C15H16N4OS2. The van der Waals surface area contributed by atoms with Crippen LogP contribution in [0.4, 0.5) is 10.8 Å². The minimum Gasteiger partial charge on any atom is -0.497 e. The lowest BCUT2D eigenvalue weighted by Gasteiger charge is -2.05. The summed E-state index contributed by atoms with van der Waals surface area (Å²) in [7, 11) is 1.65.